The van der Waals surface area contributed by atoms with Crippen molar-refractivity contribution in [2.75, 3.05) is 36.0 Å². The molecule has 2 rings (SSSR count). The zero-order valence-corrected chi connectivity index (χ0v) is 13.6. The van der Waals surface area contributed by atoms with E-state index in [4.69, 9.17) is 0 Å². The smallest absolute Gasteiger partial charge is 0.133 e. The first-order valence-corrected chi connectivity index (χ1v) is 8.94. The highest BCUT2D eigenvalue weighted by atomic mass is 79.9. The van der Waals surface area contributed by atoms with E-state index >= 15 is 0 Å². The van der Waals surface area contributed by atoms with Crippen LogP contribution in [0.3, 0.4) is 0 Å². The van der Waals surface area contributed by atoms with E-state index in [9.17, 15) is 4.21 Å². The van der Waals surface area contributed by atoms with Crippen LogP contribution < -0.4 is 10.2 Å². The van der Waals surface area contributed by atoms with Gasteiger partial charge in [0.15, 0.2) is 0 Å². The van der Waals surface area contributed by atoms with Gasteiger partial charge in [-0.25, -0.2) is 4.98 Å². The van der Waals surface area contributed by atoms with Gasteiger partial charge in [-0.1, -0.05) is 6.92 Å². The van der Waals surface area contributed by atoms with Crippen LogP contribution in [0.1, 0.15) is 18.9 Å². The summed E-state index contributed by atoms with van der Waals surface area (Å²) in [5.41, 5.74) is 1.20. The molecule has 1 aromatic heterocycles. The minimum absolute atomic E-state index is 0.647. The van der Waals surface area contributed by atoms with Gasteiger partial charge in [0.1, 0.15) is 5.82 Å². The Morgan fingerprint density at radius 2 is 2.21 bits per heavy atom. The molecule has 1 fully saturated rings. The molecule has 0 unspecified atom stereocenters. The van der Waals surface area contributed by atoms with Crippen molar-refractivity contribution >= 4 is 32.5 Å². The predicted octanol–water partition coefficient (Wildman–Crippen LogP) is 1.91. The summed E-state index contributed by atoms with van der Waals surface area (Å²) in [5, 5.41) is 3.42. The number of pyridine rings is 1. The number of hydrogen-bond donors (Lipinski definition) is 1. The topological polar surface area (TPSA) is 45.2 Å². The van der Waals surface area contributed by atoms with Gasteiger partial charge in [-0.3, -0.25) is 4.21 Å². The summed E-state index contributed by atoms with van der Waals surface area (Å²) in [4.78, 5) is 6.79. The average Bonchev–Trinajstić information content (AvgIpc) is 2.41. The highest BCUT2D eigenvalue weighted by molar-refractivity contribution is 9.10. The maximum Gasteiger partial charge on any atom is 0.133 e. The predicted molar refractivity (Wildman–Crippen MR) is 84.0 cm³/mol. The van der Waals surface area contributed by atoms with Crippen molar-refractivity contribution in [3.8, 4) is 0 Å². The fourth-order valence-corrected chi connectivity index (χ4v) is 3.57. The molecule has 0 atom stereocenters. The van der Waals surface area contributed by atoms with E-state index in [1.165, 1.54) is 5.56 Å². The van der Waals surface area contributed by atoms with Crippen molar-refractivity contribution in [1.29, 1.82) is 0 Å². The van der Waals surface area contributed by atoms with Gasteiger partial charge < -0.3 is 10.2 Å². The fourth-order valence-electron chi connectivity index (χ4n) is 2.14. The molecule has 106 valence electrons. The lowest BCUT2D eigenvalue weighted by Crippen LogP contribution is -2.39. The molecular formula is C13H20BrN3OS. The number of nitrogens with one attached hydrogen (secondary N) is 1. The quantitative estimate of drug-likeness (QED) is 0.828. The van der Waals surface area contributed by atoms with Gasteiger partial charge in [-0.15, -0.1) is 0 Å². The third kappa shape index (κ3) is 4.26. The first-order chi connectivity index (χ1) is 9.20. The zero-order valence-electron chi connectivity index (χ0n) is 11.2. The van der Waals surface area contributed by atoms with E-state index in [-0.39, 0.29) is 0 Å². The van der Waals surface area contributed by atoms with Gasteiger partial charge in [0, 0.05) is 58.2 Å². The van der Waals surface area contributed by atoms with Crippen LogP contribution in [0.5, 0.6) is 0 Å². The van der Waals surface area contributed by atoms with E-state index < -0.39 is 10.8 Å². The minimum atomic E-state index is -0.647. The van der Waals surface area contributed by atoms with Crippen molar-refractivity contribution in [2.24, 2.45) is 0 Å². The lowest BCUT2D eigenvalue weighted by Gasteiger charge is -2.29. The molecule has 1 aliphatic rings. The Kier molecular flexibility index (Phi) is 5.78. The van der Waals surface area contributed by atoms with Crippen LogP contribution in [0.4, 0.5) is 5.82 Å². The second-order valence-corrected chi connectivity index (χ2v) is 7.26. The second kappa shape index (κ2) is 7.36. The highest BCUT2D eigenvalue weighted by Crippen LogP contribution is 2.22. The van der Waals surface area contributed by atoms with Crippen LogP contribution in [0.2, 0.25) is 0 Å². The molecule has 2 heterocycles. The van der Waals surface area contributed by atoms with Crippen molar-refractivity contribution < 1.29 is 4.21 Å². The van der Waals surface area contributed by atoms with E-state index in [0.717, 1.165) is 54.4 Å². The molecule has 0 radical (unpaired) electrons. The fraction of sp³-hybridized carbons (Fsp3) is 0.615. The van der Waals surface area contributed by atoms with Gasteiger partial charge in [0.25, 0.3) is 0 Å². The Hall–Kier alpha value is -0.460. The molecule has 0 bridgehead atoms. The van der Waals surface area contributed by atoms with Crippen LogP contribution in [0.15, 0.2) is 16.7 Å². The SMILES string of the molecule is CCCNCc1cc(Br)cnc1N1CCS(=O)CC1. The van der Waals surface area contributed by atoms with Crippen LogP contribution in [0.25, 0.3) is 0 Å². The summed E-state index contributed by atoms with van der Waals surface area (Å²) in [7, 11) is -0.647. The number of nitrogens with zero attached hydrogens (tertiary/aromatic N) is 2. The Balaban J connectivity index is 2.11. The molecule has 1 N–H and O–H groups in total. The van der Waals surface area contributed by atoms with Gasteiger partial charge in [0.2, 0.25) is 0 Å². The summed E-state index contributed by atoms with van der Waals surface area (Å²) in [6.07, 6.45) is 2.96. The third-order valence-corrected chi connectivity index (χ3v) is 4.84. The second-order valence-electron chi connectivity index (χ2n) is 4.65. The lowest BCUT2D eigenvalue weighted by molar-refractivity contribution is 0.662. The lowest BCUT2D eigenvalue weighted by atomic mass is 10.2. The van der Waals surface area contributed by atoms with Crippen molar-refractivity contribution in [3.05, 3.63) is 22.3 Å². The van der Waals surface area contributed by atoms with Crippen molar-refractivity contribution in [2.45, 2.75) is 19.9 Å². The van der Waals surface area contributed by atoms with Crippen molar-refractivity contribution in [3.63, 3.8) is 0 Å². The molecule has 0 aromatic carbocycles. The minimum Gasteiger partial charge on any atom is -0.355 e. The molecule has 0 spiro atoms. The molecule has 0 saturated carbocycles. The van der Waals surface area contributed by atoms with Gasteiger partial charge in [-0.2, -0.15) is 0 Å². The molecule has 1 aromatic rings. The van der Waals surface area contributed by atoms with Gasteiger partial charge >= 0.3 is 0 Å². The average molecular weight is 346 g/mol. The van der Waals surface area contributed by atoms with Crippen LogP contribution >= 0.6 is 15.9 Å². The first-order valence-electron chi connectivity index (χ1n) is 6.65. The van der Waals surface area contributed by atoms with Crippen molar-refractivity contribution in [1.82, 2.24) is 10.3 Å². The van der Waals surface area contributed by atoms with E-state index in [1.54, 1.807) is 0 Å². The van der Waals surface area contributed by atoms with Gasteiger partial charge in [0.05, 0.1) is 0 Å². The molecule has 19 heavy (non-hydrogen) atoms. The molecule has 1 saturated heterocycles. The first kappa shape index (κ1) is 14.9. The standard InChI is InChI=1S/C13H20BrN3OS/c1-2-3-15-9-11-8-12(14)10-16-13(11)17-4-6-19(18)7-5-17/h8,10,15H,2-7,9H2,1H3. The number of anilines is 1. The monoisotopic (exact) mass is 345 g/mol. The molecule has 0 aliphatic carbocycles. The summed E-state index contributed by atoms with van der Waals surface area (Å²) in [6.45, 7) is 5.67. The third-order valence-electron chi connectivity index (χ3n) is 3.13. The zero-order chi connectivity index (χ0) is 13.7. The normalized spacial score (nSPS) is 16.8. The molecule has 4 nitrogen and oxygen atoms in total. The Morgan fingerprint density at radius 1 is 1.47 bits per heavy atom. The van der Waals surface area contributed by atoms with E-state index in [1.807, 2.05) is 6.20 Å². The molecule has 0 amide bonds. The van der Waals surface area contributed by atoms with Gasteiger partial charge in [-0.05, 0) is 35.0 Å². The van der Waals surface area contributed by atoms with Crippen LogP contribution in [0, 0.1) is 0 Å². The molecular weight excluding hydrogens is 326 g/mol. The highest BCUT2D eigenvalue weighted by Gasteiger charge is 2.19. The van der Waals surface area contributed by atoms with E-state index in [0.29, 0.717) is 0 Å². The largest absolute Gasteiger partial charge is 0.355 e. The van der Waals surface area contributed by atoms with Crippen LogP contribution in [-0.4, -0.2) is 40.3 Å². The number of aromatic nitrogens is 1. The summed E-state index contributed by atoms with van der Waals surface area (Å²) in [6, 6.07) is 2.12. The number of rotatable bonds is 5. The maximum atomic E-state index is 11.4. The Labute approximate surface area is 125 Å². The maximum absolute atomic E-state index is 11.4. The summed E-state index contributed by atoms with van der Waals surface area (Å²) < 4.78 is 12.4. The summed E-state index contributed by atoms with van der Waals surface area (Å²) >= 11 is 3.48. The van der Waals surface area contributed by atoms with E-state index in [2.05, 4.69) is 44.1 Å². The molecule has 1 aliphatic heterocycles. The summed E-state index contributed by atoms with van der Waals surface area (Å²) in [5.74, 6) is 2.53. The Bertz CT molecular complexity index is 446. The Morgan fingerprint density at radius 3 is 2.89 bits per heavy atom. The molecule has 6 heteroatoms. The van der Waals surface area contributed by atoms with Crippen LogP contribution in [-0.2, 0) is 17.3 Å². The number of halogens is 1. The number of hydrogen-bond acceptors (Lipinski definition) is 4.